The topological polar surface area (TPSA) is 45.2 Å². The summed E-state index contributed by atoms with van der Waals surface area (Å²) in [6.07, 6.45) is 5.70. The molecule has 1 fully saturated rings. The molecule has 1 amide bonds. The summed E-state index contributed by atoms with van der Waals surface area (Å²) >= 11 is 11.9. The molecule has 3 rings (SSSR count). The molecule has 1 saturated heterocycles. The van der Waals surface area contributed by atoms with E-state index in [1.807, 2.05) is 6.07 Å². The van der Waals surface area contributed by atoms with Crippen molar-refractivity contribution in [3.8, 4) is 0 Å². The Bertz CT molecular complexity index is 700. The number of aromatic nitrogens is 1. The molecule has 0 unspecified atom stereocenters. The van der Waals surface area contributed by atoms with Crippen LogP contribution in [0.5, 0.6) is 0 Å². The molecule has 22 heavy (non-hydrogen) atoms. The molecule has 6 heteroatoms. The number of benzene rings is 1. The van der Waals surface area contributed by atoms with Crippen molar-refractivity contribution in [3.05, 3.63) is 52.3 Å². The number of amides is 1. The van der Waals surface area contributed by atoms with E-state index in [0.717, 1.165) is 18.8 Å². The van der Waals surface area contributed by atoms with E-state index < -0.39 is 0 Å². The second-order valence-electron chi connectivity index (χ2n) is 5.20. The van der Waals surface area contributed by atoms with Crippen LogP contribution in [0, 0.1) is 0 Å². The predicted octanol–water partition coefficient (Wildman–Crippen LogP) is 4.24. The first kappa shape index (κ1) is 15.1. The monoisotopic (exact) mass is 335 g/mol. The highest BCUT2D eigenvalue weighted by atomic mass is 35.5. The number of pyridine rings is 1. The normalized spacial score (nSPS) is 14.2. The Labute approximate surface area is 139 Å². The maximum absolute atomic E-state index is 12.4. The van der Waals surface area contributed by atoms with Gasteiger partial charge in [-0.2, -0.15) is 0 Å². The number of nitrogens with zero attached hydrogens (tertiary/aromatic N) is 2. The average molecular weight is 336 g/mol. The fourth-order valence-electron chi connectivity index (χ4n) is 2.49. The van der Waals surface area contributed by atoms with E-state index in [-0.39, 0.29) is 5.91 Å². The van der Waals surface area contributed by atoms with Gasteiger partial charge in [0.1, 0.15) is 0 Å². The molecule has 0 spiro atoms. The Morgan fingerprint density at radius 3 is 2.64 bits per heavy atom. The molecule has 0 radical (unpaired) electrons. The maximum Gasteiger partial charge on any atom is 0.257 e. The molecule has 0 atom stereocenters. The third-order valence-corrected chi connectivity index (χ3v) is 4.18. The second kappa shape index (κ2) is 6.55. The number of halogens is 2. The van der Waals surface area contributed by atoms with Crippen LogP contribution < -0.4 is 10.2 Å². The lowest BCUT2D eigenvalue weighted by atomic mass is 10.2. The van der Waals surface area contributed by atoms with Crippen LogP contribution in [-0.2, 0) is 0 Å². The maximum atomic E-state index is 12.4. The molecule has 114 valence electrons. The van der Waals surface area contributed by atoms with Gasteiger partial charge in [-0.25, -0.2) is 0 Å². The third-order valence-electron chi connectivity index (χ3n) is 3.64. The number of hydrogen-bond acceptors (Lipinski definition) is 3. The molecular formula is C16H15Cl2N3O. The quantitative estimate of drug-likeness (QED) is 0.912. The van der Waals surface area contributed by atoms with Crippen LogP contribution in [-0.4, -0.2) is 24.0 Å². The number of rotatable bonds is 3. The number of carbonyl (C=O) groups is 1. The van der Waals surface area contributed by atoms with Gasteiger partial charge in [0.2, 0.25) is 0 Å². The molecule has 0 bridgehead atoms. The molecule has 1 N–H and O–H groups in total. The summed E-state index contributed by atoms with van der Waals surface area (Å²) in [5, 5.41) is 3.72. The highest BCUT2D eigenvalue weighted by molar-refractivity contribution is 6.36. The van der Waals surface area contributed by atoms with E-state index in [1.54, 1.807) is 30.6 Å². The molecule has 1 aromatic heterocycles. The van der Waals surface area contributed by atoms with Crippen molar-refractivity contribution >= 4 is 40.5 Å². The van der Waals surface area contributed by atoms with Gasteiger partial charge in [-0.15, -0.1) is 0 Å². The number of hydrogen-bond donors (Lipinski definition) is 1. The van der Waals surface area contributed by atoms with Crippen LogP contribution in [0.2, 0.25) is 10.0 Å². The van der Waals surface area contributed by atoms with E-state index in [2.05, 4.69) is 15.2 Å². The van der Waals surface area contributed by atoms with Gasteiger partial charge in [-0.1, -0.05) is 23.2 Å². The van der Waals surface area contributed by atoms with Gasteiger partial charge in [-0.05, 0) is 37.1 Å². The fraction of sp³-hybridized carbons (Fsp3) is 0.250. The number of nitrogens with one attached hydrogen (secondary N) is 1. The summed E-state index contributed by atoms with van der Waals surface area (Å²) in [6.45, 7) is 2.02. The molecule has 1 aliphatic rings. The van der Waals surface area contributed by atoms with Crippen molar-refractivity contribution in [2.24, 2.45) is 0 Å². The number of anilines is 2. The predicted molar refractivity (Wildman–Crippen MR) is 90.1 cm³/mol. The van der Waals surface area contributed by atoms with Crippen molar-refractivity contribution in [1.82, 2.24) is 4.98 Å². The lowest BCUT2D eigenvalue weighted by Crippen LogP contribution is -2.19. The summed E-state index contributed by atoms with van der Waals surface area (Å²) < 4.78 is 0. The van der Waals surface area contributed by atoms with E-state index in [4.69, 9.17) is 23.2 Å². The van der Waals surface area contributed by atoms with Crippen LogP contribution in [0.4, 0.5) is 11.4 Å². The molecule has 1 aliphatic heterocycles. The zero-order valence-electron chi connectivity index (χ0n) is 11.9. The highest BCUT2D eigenvalue weighted by Gasteiger charge is 2.15. The Hall–Kier alpha value is -1.78. The molecule has 2 aromatic rings. The first-order chi connectivity index (χ1) is 10.6. The van der Waals surface area contributed by atoms with Crippen molar-refractivity contribution in [1.29, 1.82) is 0 Å². The second-order valence-corrected chi connectivity index (χ2v) is 6.05. The Balaban J connectivity index is 1.78. The Morgan fingerprint density at radius 2 is 1.91 bits per heavy atom. The van der Waals surface area contributed by atoms with Gasteiger partial charge in [0.25, 0.3) is 5.91 Å². The summed E-state index contributed by atoms with van der Waals surface area (Å²) in [7, 11) is 0. The van der Waals surface area contributed by atoms with E-state index >= 15 is 0 Å². The molecule has 4 nitrogen and oxygen atoms in total. The Kier molecular flexibility index (Phi) is 4.50. The molecule has 1 aromatic carbocycles. The van der Waals surface area contributed by atoms with E-state index in [9.17, 15) is 4.79 Å². The van der Waals surface area contributed by atoms with Crippen LogP contribution in [0.3, 0.4) is 0 Å². The molecule has 0 aliphatic carbocycles. The van der Waals surface area contributed by atoms with Gasteiger partial charge >= 0.3 is 0 Å². The highest BCUT2D eigenvalue weighted by Crippen LogP contribution is 2.26. The number of carbonyl (C=O) groups excluding carboxylic acids is 1. The minimum Gasteiger partial charge on any atom is -0.370 e. The average Bonchev–Trinajstić information content (AvgIpc) is 3.04. The zero-order valence-corrected chi connectivity index (χ0v) is 13.4. The van der Waals surface area contributed by atoms with Crippen molar-refractivity contribution in [2.45, 2.75) is 12.8 Å². The lowest BCUT2D eigenvalue weighted by Gasteiger charge is -2.17. The largest absolute Gasteiger partial charge is 0.370 e. The van der Waals surface area contributed by atoms with Gasteiger partial charge in [0.15, 0.2) is 0 Å². The zero-order chi connectivity index (χ0) is 15.5. The van der Waals surface area contributed by atoms with E-state index in [1.165, 1.54) is 12.8 Å². The fourth-order valence-corrected chi connectivity index (χ4v) is 2.94. The first-order valence-electron chi connectivity index (χ1n) is 7.10. The molecule has 0 saturated carbocycles. The van der Waals surface area contributed by atoms with Crippen LogP contribution in [0.1, 0.15) is 23.2 Å². The third kappa shape index (κ3) is 3.34. The van der Waals surface area contributed by atoms with Gasteiger partial charge in [-0.3, -0.25) is 9.78 Å². The van der Waals surface area contributed by atoms with Crippen LogP contribution >= 0.6 is 23.2 Å². The SMILES string of the molecule is O=C(Nc1ccc(Cl)cc1Cl)c1cncc(N2CCCC2)c1. The van der Waals surface area contributed by atoms with Gasteiger partial charge in [0, 0.05) is 24.3 Å². The standard InChI is InChI=1S/C16H15Cl2N3O/c17-12-3-4-15(14(18)8-12)20-16(22)11-7-13(10-19-9-11)21-5-1-2-6-21/h3-4,7-10H,1-2,5-6H2,(H,20,22). The van der Waals surface area contributed by atoms with Gasteiger partial charge < -0.3 is 10.2 Å². The Morgan fingerprint density at radius 1 is 1.14 bits per heavy atom. The van der Waals surface area contributed by atoms with Crippen molar-refractivity contribution in [2.75, 3.05) is 23.3 Å². The van der Waals surface area contributed by atoms with Crippen molar-refractivity contribution < 1.29 is 4.79 Å². The lowest BCUT2D eigenvalue weighted by molar-refractivity contribution is 0.102. The first-order valence-corrected chi connectivity index (χ1v) is 7.85. The van der Waals surface area contributed by atoms with Gasteiger partial charge in [0.05, 0.1) is 28.2 Å². The summed E-state index contributed by atoms with van der Waals surface area (Å²) in [4.78, 5) is 18.8. The summed E-state index contributed by atoms with van der Waals surface area (Å²) in [6, 6.07) is 6.82. The molecular weight excluding hydrogens is 321 g/mol. The summed E-state index contributed by atoms with van der Waals surface area (Å²) in [5.41, 5.74) is 2.02. The minimum absolute atomic E-state index is 0.238. The smallest absolute Gasteiger partial charge is 0.257 e. The van der Waals surface area contributed by atoms with Crippen LogP contribution in [0.15, 0.2) is 36.7 Å². The summed E-state index contributed by atoms with van der Waals surface area (Å²) in [5.74, 6) is -0.238. The van der Waals surface area contributed by atoms with E-state index in [0.29, 0.717) is 21.3 Å². The van der Waals surface area contributed by atoms with Crippen molar-refractivity contribution in [3.63, 3.8) is 0 Å². The minimum atomic E-state index is -0.238. The molecule has 2 heterocycles. The van der Waals surface area contributed by atoms with Crippen LogP contribution in [0.25, 0.3) is 0 Å².